The highest BCUT2D eigenvalue weighted by Gasteiger charge is 2.24. The van der Waals surface area contributed by atoms with Crippen LogP contribution in [0.15, 0.2) is 35.2 Å². The van der Waals surface area contributed by atoms with Crippen LogP contribution in [0, 0.1) is 20.8 Å². The molecule has 0 fully saturated rings. The number of aryl methyl sites for hydroxylation is 3. The molecular weight excluding hydrogens is 346 g/mol. The second-order valence-electron chi connectivity index (χ2n) is 7.20. The minimum atomic E-state index is -3.72. The molecule has 2 aromatic carbocycles. The van der Waals surface area contributed by atoms with Crippen LogP contribution in [0.25, 0.3) is 0 Å². The van der Waals surface area contributed by atoms with Crippen LogP contribution in [0.3, 0.4) is 0 Å². The van der Waals surface area contributed by atoms with Crippen molar-refractivity contribution in [2.75, 3.05) is 7.11 Å². The van der Waals surface area contributed by atoms with Crippen molar-refractivity contribution in [3.05, 3.63) is 58.1 Å². The monoisotopic (exact) mass is 375 g/mol. The van der Waals surface area contributed by atoms with E-state index >= 15 is 0 Å². The lowest BCUT2D eigenvalue weighted by Crippen LogP contribution is -2.28. The van der Waals surface area contributed by atoms with Crippen LogP contribution in [0.4, 0.5) is 0 Å². The van der Waals surface area contributed by atoms with Crippen LogP contribution >= 0.6 is 0 Å². The van der Waals surface area contributed by atoms with E-state index in [1.807, 2.05) is 40.7 Å². The molecule has 142 valence electrons. The maximum absolute atomic E-state index is 13.0. The highest BCUT2D eigenvalue weighted by molar-refractivity contribution is 7.89. The second kappa shape index (κ2) is 7.80. The first kappa shape index (κ1) is 20.5. The van der Waals surface area contributed by atoms with Gasteiger partial charge in [-0.2, -0.15) is 0 Å². The van der Waals surface area contributed by atoms with Crippen molar-refractivity contribution in [1.29, 1.82) is 0 Å². The molecule has 0 aromatic heterocycles. The van der Waals surface area contributed by atoms with Gasteiger partial charge in [0, 0.05) is 6.04 Å². The lowest BCUT2D eigenvalue weighted by Gasteiger charge is -2.20. The molecule has 26 heavy (non-hydrogen) atoms. The Morgan fingerprint density at radius 2 is 1.54 bits per heavy atom. The van der Waals surface area contributed by atoms with Gasteiger partial charge in [0.25, 0.3) is 0 Å². The average Bonchev–Trinajstić information content (AvgIpc) is 2.56. The summed E-state index contributed by atoms with van der Waals surface area (Å²) in [4.78, 5) is 0.180. The molecule has 2 rings (SSSR count). The summed E-state index contributed by atoms with van der Waals surface area (Å²) < 4.78 is 34.2. The third-order valence-corrected chi connectivity index (χ3v) is 6.39. The quantitative estimate of drug-likeness (QED) is 0.790. The zero-order valence-corrected chi connectivity index (χ0v) is 17.5. The molecule has 0 saturated carbocycles. The molecule has 0 unspecified atom stereocenters. The molecule has 0 aliphatic heterocycles. The van der Waals surface area contributed by atoms with Gasteiger partial charge in [-0.15, -0.1) is 0 Å². The van der Waals surface area contributed by atoms with Crippen molar-refractivity contribution < 1.29 is 13.2 Å². The Morgan fingerprint density at radius 1 is 0.923 bits per heavy atom. The number of methoxy groups -OCH3 is 1. The number of hydrogen-bond donors (Lipinski definition) is 1. The normalized spacial score (nSPS) is 13.1. The summed E-state index contributed by atoms with van der Waals surface area (Å²) >= 11 is 0. The molecule has 0 heterocycles. The van der Waals surface area contributed by atoms with E-state index in [9.17, 15) is 8.42 Å². The van der Waals surface area contributed by atoms with Crippen LogP contribution in [0.5, 0.6) is 5.75 Å². The van der Waals surface area contributed by atoms with Crippen LogP contribution in [-0.4, -0.2) is 15.5 Å². The van der Waals surface area contributed by atoms with Crippen LogP contribution < -0.4 is 9.46 Å². The van der Waals surface area contributed by atoms with Crippen molar-refractivity contribution in [2.24, 2.45) is 0 Å². The van der Waals surface area contributed by atoms with Gasteiger partial charge in [0.05, 0.1) is 7.11 Å². The van der Waals surface area contributed by atoms with E-state index in [2.05, 4.69) is 23.8 Å². The lowest BCUT2D eigenvalue weighted by atomic mass is 9.97. The largest absolute Gasteiger partial charge is 0.495 e. The van der Waals surface area contributed by atoms with Crippen molar-refractivity contribution in [3.8, 4) is 5.75 Å². The average molecular weight is 376 g/mol. The van der Waals surface area contributed by atoms with Crippen LogP contribution in [0.2, 0.25) is 0 Å². The Kier molecular flexibility index (Phi) is 6.14. The SMILES string of the molecule is COc1ccc(C(C)C)cc1S(=O)(=O)N[C@H](C)c1cc(C)c(C)cc1C. The molecule has 1 atom stereocenters. The smallest absolute Gasteiger partial charge is 0.244 e. The van der Waals surface area contributed by atoms with Gasteiger partial charge in [-0.25, -0.2) is 13.1 Å². The summed E-state index contributed by atoms with van der Waals surface area (Å²) in [6.07, 6.45) is 0. The summed E-state index contributed by atoms with van der Waals surface area (Å²) in [5, 5.41) is 0. The summed E-state index contributed by atoms with van der Waals surface area (Å²) in [7, 11) is -2.23. The highest BCUT2D eigenvalue weighted by Crippen LogP contribution is 2.30. The van der Waals surface area contributed by atoms with Crippen molar-refractivity contribution in [2.45, 2.75) is 58.4 Å². The van der Waals surface area contributed by atoms with E-state index in [4.69, 9.17) is 4.74 Å². The van der Waals surface area contributed by atoms with Gasteiger partial charge in [0.1, 0.15) is 10.6 Å². The number of hydrogen-bond acceptors (Lipinski definition) is 3. The van der Waals surface area contributed by atoms with Crippen LogP contribution in [0.1, 0.15) is 60.5 Å². The molecular formula is C21H29NO3S. The zero-order valence-electron chi connectivity index (χ0n) is 16.7. The summed E-state index contributed by atoms with van der Waals surface area (Å²) in [5.41, 5.74) is 5.37. The minimum Gasteiger partial charge on any atom is -0.495 e. The lowest BCUT2D eigenvalue weighted by molar-refractivity contribution is 0.401. The molecule has 2 aromatic rings. The third-order valence-electron chi connectivity index (χ3n) is 4.82. The summed E-state index contributed by atoms with van der Waals surface area (Å²) in [6.45, 7) is 12.0. The van der Waals surface area contributed by atoms with Gasteiger partial charge in [0.15, 0.2) is 0 Å². The van der Waals surface area contributed by atoms with E-state index in [0.717, 1.165) is 22.3 Å². The summed E-state index contributed by atoms with van der Waals surface area (Å²) in [6, 6.07) is 9.13. The Morgan fingerprint density at radius 3 is 2.12 bits per heavy atom. The zero-order chi connectivity index (χ0) is 19.6. The fourth-order valence-corrected chi connectivity index (χ4v) is 4.50. The maximum atomic E-state index is 13.0. The van der Waals surface area contributed by atoms with E-state index < -0.39 is 10.0 Å². The molecule has 0 saturated heterocycles. The van der Waals surface area contributed by atoms with E-state index in [-0.39, 0.29) is 16.9 Å². The third kappa shape index (κ3) is 4.27. The standard InChI is InChI=1S/C21H29NO3S/c1-13(2)18-8-9-20(25-7)21(12-18)26(23,24)22-17(6)19-11-15(4)14(3)10-16(19)5/h8-13,17,22H,1-7H3/t17-/m1/s1. The molecule has 0 bridgehead atoms. The first-order chi connectivity index (χ1) is 12.1. The first-order valence-corrected chi connectivity index (χ1v) is 10.3. The van der Waals surface area contributed by atoms with Crippen molar-refractivity contribution >= 4 is 10.0 Å². The molecule has 0 amide bonds. The molecule has 4 nitrogen and oxygen atoms in total. The number of benzene rings is 2. The van der Waals surface area contributed by atoms with E-state index in [1.54, 1.807) is 12.1 Å². The topological polar surface area (TPSA) is 55.4 Å². The Balaban J connectivity index is 2.43. The van der Waals surface area contributed by atoms with Crippen molar-refractivity contribution in [3.63, 3.8) is 0 Å². The predicted octanol–water partition coefficient (Wildman–Crippen LogP) is 4.78. The van der Waals surface area contributed by atoms with E-state index in [0.29, 0.717) is 5.75 Å². The number of rotatable bonds is 6. The number of nitrogens with one attached hydrogen (secondary N) is 1. The van der Waals surface area contributed by atoms with Gasteiger partial charge in [0.2, 0.25) is 10.0 Å². The van der Waals surface area contributed by atoms with Gasteiger partial charge >= 0.3 is 0 Å². The van der Waals surface area contributed by atoms with Crippen LogP contribution in [-0.2, 0) is 10.0 Å². The van der Waals surface area contributed by atoms with E-state index in [1.165, 1.54) is 12.7 Å². The maximum Gasteiger partial charge on any atom is 0.244 e. The number of sulfonamides is 1. The summed E-state index contributed by atoms with van der Waals surface area (Å²) in [5.74, 6) is 0.584. The predicted molar refractivity (Wildman–Crippen MR) is 106 cm³/mol. The first-order valence-electron chi connectivity index (χ1n) is 8.84. The molecule has 0 spiro atoms. The fraction of sp³-hybridized carbons (Fsp3) is 0.429. The Bertz CT molecular complexity index is 902. The van der Waals surface area contributed by atoms with Gasteiger partial charge in [-0.05, 0) is 73.6 Å². The van der Waals surface area contributed by atoms with Gasteiger partial charge in [-0.3, -0.25) is 0 Å². The number of ether oxygens (including phenoxy) is 1. The van der Waals surface area contributed by atoms with Gasteiger partial charge < -0.3 is 4.74 Å². The van der Waals surface area contributed by atoms with Crippen molar-refractivity contribution in [1.82, 2.24) is 4.72 Å². The molecule has 0 aliphatic rings. The molecule has 0 radical (unpaired) electrons. The highest BCUT2D eigenvalue weighted by atomic mass is 32.2. The second-order valence-corrected chi connectivity index (χ2v) is 8.88. The molecule has 5 heteroatoms. The molecule has 0 aliphatic carbocycles. The Labute approximate surface area is 157 Å². The van der Waals surface area contributed by atoms with Gasteiger partial charge in [-0.1, -0.05) is 32.0 Å². The molecule has 1 N–H and O–H groups in total. The fourth-order valence-electron chi connectivity index (χ4n) is 3.07. The Hall–Kier alpha value is -1.85. The minimum absolute atomic E-state index is 0.180.